The molecule has 21 heavy (non-hydrogen) atoms. The zero-order valence-corrected chi connectivity index (χ0v) is 13.1. The van der Waals surface area contributed by atoms with Gasteiger partial charge in [-0.3, -0.25) is 0 Å². The number of carboxylic acids is 1. The number of nitriles is 1. The fourth-order valence-electron chi connectivity index (χ4n) is 2.63. The first-order valence-corrected chi connectivity index (χ1v) is 8.53. The fourth-order valence-corrected chi connectivity index (χ4v) is 3.43. The van der Waals surface area contributed by atoms with Gasteiger partial charge < -0.3 is 0 Å². The van der Waals surface area contributed by atoms with Crippen LogP contribution in [0.5, 0.6) is 0 Å². The molecule has 2 N–H and O–H groups in total. The number of nitrogens with one attached hydrogen (secondary N) is 1. The molecule has 0 spiro atoms. The Morgan fingerprint density at radius 1 is 1.19 bits per heavy atom. The van der Waals surface area contributed by atoms with Gasteiger partial charge in [0.1, 0.15) is 0 Å². The first-order valence-electron chi connectivity index (χ1n) is 6.81. The van der Waals surface area contributed by atoms with Crippen LogP contribution in [0.1, 0.15) is 25.7 Å². The van der Waals surface area contributed by atoms with Crippen molar-refractivity contribution >= 4 is 37.0 Å². The van der Waals surface area contributed by atoms with Gasteiger partial charge in [0.2, 0.25) is 0 Å². The average Bonchev–Trinajstić information content (AvgIpc) is 2.49. The van der Waals surface area contributed by atoms with E-state index in [1.807, 2.05) is 12.1 Å². The predicted molar refractivity (Wildman–Crippen MR) is 79.2 cm³/mol. The molecule has 0 heterocycles. The summed E-state index contributed by atoms with van der Waals surface area (Å²) in [6.07, 6.45) is 2.95. The number of carbonyl (C=O) groups excluding carboxylic acids is 1. The van der Waals surface area contributed by atoms with Crippen molar-refractivity contribution in [1.82, 2.24) is 0 Å². The van der Waals surface area contributed by atoms with Crippen molar-refractivity contribution in [2.24, 2.45) is 11.8 Å². The molecule has 1 saturated carbocycles. The maximum atomic E-state index is 12.3. The van der Waals surface area contributed by atoms with Crippen molar-refractivity contribution in [3.05, 3.63) is 24.3 Å². The molecule has 0 saturated heterocycles. The molecular formula is C15H16N2O3Se. The monoisotopic (exact) mass is 352 g/mol. The van der Waals surface area contributed by atoms with E-state index in [4.69, 9.17) is 5.26 Å². The average molecular weight is 351 g/mol. The van der Waals surface area contributed by atoms with Crippen LogP contribution < -0.4 is 9.78 Å². The molecule has 2 unspecified atom stereocenters. The summed E-state index contributed by atoms with van der Waals surface area (Å²) in [4.78, 5) is 25.6. The van der Waals surface area contributed by atoms with Gasteiger partial charge in [-0.1, -0.05) is 0 Å². The Kier molecular flexibility index (Phi) is 5.38. The number of carbonyl (C=O) groups is 2. The Morgan fingerprint density at radius 2 is 1.81 bits per heavy atom. The quantitative estimate of drug-likeness (QED) is 0.801. The molecule has 2 atom stereocenters. The maximum absolute atomic E-state index is 12.3. The van der Waals surface area contributed by atoms with Gasteiger partial charge in [-0.15, -0.1) is 0 Å². The van der Waals surface area contributed by atoms with Crippen LogP contribution in [0.4, 0.5) is 5.69 Å². The molecule has 1 aromatic carbocycles. The van der Waals surface area contributed by atoms with Crippen molar-refractivity contribution in [1.29, 1.82) is 5.26 Å². The molecule has 5 nitrogen and oxygen atoms in total. The third-order valence-electron chi connectivity index (χ3n) is 3.71. The molecular weight excluding hydrogens is 335 g/mol. The third kappa shape index (κ3) is 4.07. The van der Waals surface area contributed by atoms with Gasteiger partial charge >= 0.3 is 129 Å². The summed E-state index contributed by atoms with van der Waals surface area (Å²) in [6.45, 7) is 0. The number of aliphatic carboxylic acids is 1. The number of hydrogen-bond donors (Lipinski definition) is 2. The number of carboxylic acid groups (broad SMARTS) is 1. The van der Waals surface area contributed by atoms with Crippen LogP contribution in [0.25, 0.3) is 0 Å². The molecule has 110 valence electrons. The summed E-state index contributed by atoms with van der Waals surface area (Å²) < 4.78 is 0.948. The minimum absolute atomic E-state index is 0.208. The van der Waals surface area contributed by atoms with Crippen molar-refractivity contribution < 1.29 is 14.7 Å². The van der Waals surface area contributed by atoms with Gasteiger partial charge in [0.05, 0.1) is 0 Å². The summed E-state index contributed by atoms with van der Waals surface area (Å²) in [5, 5.41) is 20.6. The number of benzene rings is 1. The summed E-state index contributed by atoms with van der Waals surface area (Å²) in [6, 6.07) is 7.14. The number of hydrogen-bond acceptors (Lipinski definition) is 3. The summed E-state index contributed by atoms with van der Waals surface area (Å²) in [5.74, 6) is -2.15. The Balaban J connectivity index is 2.02. The van der Waals surface area contributed by atoms with Gasteiger partial charge in [0.15, 0.2) is 0 Å². The molecule has 1 fully saturated rings. The zero-order chi connectivity index (χ0) is 15.2. The second-order valence-electron chi connectivity index (χ2n) is 5.04. The van der Waals surface area contributed by atoms with Crippen molar-refractivity contribution in [3.8, 4) is 4.97 Å². The van der Waals surface area contributed by atoms with Crippen LogP contribution in [0, 0.1) is 22.1 Å². The summed E-state index contributed by atoms with van der Waals surface area (Å²) in [5.41, 5.74) is 0.646. The van der Waals surface area contributed by atoms with E-state index in [0.717, 1.165) is 17.3 Å². The van der Waals surface area contributed by atoms with Crippen LogP contribution in [0.3, 0.4) is 0 Å². The molecule has 2 rings (SSSR count). The van der Waals surface area contributed by atoms with E-state index in [-0.39, 0.29) is 20.9 Å². The predicted octanol–water partition coefficient (Wildman–Crippen LogP) is 1.33. The topological polar surface area (TPSA) is 90.2 Å². The molecule has 0 radical (unpaired) electrons. The molecule has 0 aromatic heterocycles. The van der Waals surface area contributed by atoms with Gasteiger partial charge in [-0.2, -0.15) is 0 Å². The Hall–Kier alpha value is -1.83. The molecule has 1 aliphatic rings. The minimum atomic E-state index is -0.887. The molecule has 0 bridgehead atoms. The Bertz CT molecular complexity index is 565. The zero-order valence-electron chi connectivity index (χ0n) is 11.4. The van der Waals surface area contributed by atoms with E-state index in [2.05, 4.69) is 10.3 Å². The first-order chi connectivity index (χ1) is 10.1. The molecule has 6 heteroatoms. The second-order valence-corrected chi connectivity index (χ2v) is 6.84. The number of anilines is 1. The Labute approximate surface area is 129 Å². The molecule has 1 amide bonds. The SMILES string of the molecule is N#C[Se]c1ccc(NC(=O)C2CCCCC2C(=O)O)cc1. The summed E-state index contributed by atoms with van der Waals surface area (Å²) in [7, 11) is 0. The van der Waals surface area contributed by atoms with Crippen molar-refractivity contribution in [2.45, 2.75) is 25.7 Å². The molecule has 1 aromatic rings. The first kappa shape index (κ1) is 15.6. The van der Waals surface area contributed by atoms with Gasteiger partial charge in [0.25, 0.3) is 0 Å². The van der Waals surface area contributed by atoms with Crippen molar-refractivity contribution in [3.63, 3.8) is 0 Å². The van der Waals surface area contributed by atoms with Gasteiger partial charge in [-0.25, -0.2) is 0 Å². The van der Waals surface area contributed by atoms with Crippen molar-refractivity contribution in [2.75, 3.05) is 5.32 Å². The number of nitrogens with zero attached hydrogens (tertiary/aromatic N) is 1. The van der Waals surface area contributed by atoms with Gasteiger partial charge in [-0.05, 0) is 0 Å². The van der Waals surface area contributed by atoms with E-state index in [0.29, 0.717) is 18.5 Å². The normalized spacial score (nSPS) is 21.3. The van der Waals surface area contributed by atoms with E-state index >= 15 is 0 Å². The van der Waals surface area contributed by atoms with Gasteiger partial charge in [0, 0.05) is 0 Å². The van der Waals surface area contributed by atoms with E-state index in [9.17, 15) is 14.7 Å². The molecule has 1 aliphatic carbocycles. The van der Waals surface area contributed by atoms with Crippen LogP contribution in [0.2, 0.25) is 0 Å². The van der Waals surface area contributed by atoms with E-state index in [1.165, 1.54) is 0 Å². The van der Waals surface area contributed by atoms with Crippen LogP contribution in [-0.2, 0) is 9.59 Å². The van der Waals surface area contributed by atoms with E-state index in [1.54, 1.807) is 12.1 Å². The van der Waals surface area contributed by atoms with E-state index < -0.39 is 17.8 Å². The number of rotatable bonds is 4. The standard InChI is InChI=1S/C15H16N2O3Se/c16-9-21-11-7-5-10(6-8-11)17-14(18)12-3-1-2-4-13(12)15(19)20/h5-8,12-13H,1-4H2,(H,17,18)(H,19,20). The van der Waals surface area contributed by atoms with Crippen LogP contribution in [0.15, 0.2) is 24.3 Å². The van der Waals surface area contributed by atoms with Crippen LogP contribution >= 0.6 is 0 Å². The molecule has 0 aliphatic heterocycles. The summed E-state index contributed by atoms with van der Waals surface area (Å²) >= 11 is -0.208. The Morgan fingerprint density at radius 3 is 2.38 bits per heavy atom. The van der Waals surface area contributed by atoms with Crippen LogP contribution in [-0.4, -0.2) is 31.9 Å². The fraction of sp³-hybridized carbons (Fsp3) is 0.400. The second kappa shape index (κ2) is 7.26. The third-order valence-corrected chi connectivity index (χ3v) is 4.96. The number of amides is 1.